The summed E-state index contributed by atoms with van der Waals surface area (Å²) >= 11 is 0. The van der Waals surface area contributed by atoms with E-state index in [1.807, 2.05) is 6.92 Å². The van der Waals surface area contributed by atoms with E-state index in [4.69, 9.17) is 4.74 Å². The number of anilines is 1. The van der Waals surface area contributed by atoms with Crippen molar-refractivity contribution < 1.29 is 4.74 Å². The minimum Gasteiger partial charge on any atom is -0.383 e. The van der Waals surface area contributed by atoms with Gasteiger partial charge in [-0.2, -0.15) is 5.10 Å². The zero-order valence-corrected chi connectivity index (χ0v) is 15.0. The topological polar surface area (TPSA) is 41.5 Å². The van der Waals surface area contributed by atoms with Crippen molar-refractivity contribution in [1.82, 2.24) is 15.1 Å². The van der Waals surface area contributed by atoms with Gasteiger partial charge in [0.05, 0.1) is 12.3 Å². The average molecular weight is 328 g/mol. The first kappa shape index (κ1) is 17.1. The summed E-state index contributed by atoms with van der Waals surface area (Å²) in [4.78, 5) is 4.78. The van der Waals surface area contributed by atoms with Crippen molar-refractivity contribution >= 4 is 16.6 Å². The summed E-state index contributed by atoms with van der Waals surface area (Å²) in [5.41, 5.74) is 0.995. The van der Waals surface area contributed by atoms with Crippen LogP contribution in [-0.4, -0.2) is 62.0 Å². The molecule has 2 aromatic rings. The summed E-state index contributed by atoms with van der Waals surface area (Å²) in [7, 11) is 3.91. The van der Waals surface area contributed by atoms with Crippen molar-refractivity contribution in [3.8, 4) is 0 Å². The quantitative estimate of drug-likeness (QED) is 0.815. The van der Waals surface area contributed by atoms with Crippen LogP contribution in [0.25, 0.3) is 10.8 Å². The van der Waals surface area contributed by atoms with Crippen LogP contribution in [0.5, 0.6) is 0 Å². The normalized spacial score (nSPS) is 16.6. The van der Waals surface area contributed by atoms with Crippen molar-refractivity contribution in [3.05, 3.63) is 30.0 Å². The lowest BCUT2D eigenvalue weighted by atomic mass is 9.96. The van der Waals surface area contributed by atoms with Crippen LogP contribution in [0.15, 0.2) is 24.3 Å². The Morgan fingerprint density at radius 1 is 1.17 bits per heavy atom. The van der Waals surface area contributed by atoms with Gasteiger partial charge in [-0.05, 0) is 38.8 Å². The molecule has 1 aromatic carbocycles. The highest BCUT2D eigenvalue weighted by Gasteiger charge is 2.21. The Kier molecular flexibility index (Phi) is 5.63. The number of methoxy groups -OCH3 is 1. The van der Waals surface area contributed by atoms with Gasteiger partial charge >= 0.3 is 0 Å². The largest absolute Gasteiger partial charge is 0.383 e. The smallest absolute Gasteiger partial charge is 0.158 e. The molecule has 0 atom stereocenters. The second kappa shape index (κ2) is 7.90. The summed E-state index contributed by atoms with van der Waals surface area (Å²) in [6, 6.07) is 8.42. The van der Waals surface area contributed by atoms with Crippen LogP contribution in [-0.2, 0) is 4.74 Å². The van der Waals surface area contributed by atoms with Gasteiger partial charge in [-0.25, -0.2) is 0 Å². The van der Waals surface area contributed by atoms with Crippen LogP contribution in [0.4, 0.5) is 5.82 Å². The molecule has 1 saturated heterocycles. The van der Waals surface area contributed by atoms with Crippen LogP contribution in [0.2, 0.25) is 0 Å². The molecule has 5 nitrogen and oxygen atoms in total. The first-order valence-corrected chi connectivity index (χ1v) is 8.83. The van der Waals surface area contributed by atoms with Gasteiger partial charge in [0, 0.05) is 38.0 Å². The lowest BCUT2D eigenvalue weighted by Gasteiger charge is -2.34. The van der Waals surface area contributed by atoms with Crippen molar-refractivity contribution in [1.29, 1.82) is 0 Å². The molecular weight excluding hydrogens is 300 g/mol. The Hall–Kier alpha value is -1.72. The predicted octanol–water partition coefficient (Wildman–Crippen LogP) is 2.73. The SMILES string of the molecule is COCCN1CCC(CN(C)c2nnc(C)c3ccccc23)CC1. The summed E-state index contributed by atoms with van der Waals surface area (Å²) < 4.78 is 5.18. The number of rotatable bonds is 6. The van der Waals surface area contributed by atoms with Gasteiger partial charge < -0.3 is 14.5 Å². The molecule has 0 saturated carbocycles. The molecule has 0 spiro atoms. The van der Waals surface area contributed by atoms with Gasteiger partial charge in [0.15, 0.2) is 5.82 Å². The number of benzene rings is 1. The van der Waals surface area contributed by atoms with Crippen molar-refractivity contribution in [3.63, 3.8) is 0 Å². The van der Waals surface area contributed by atoms with Crippen molar-refractivity contribution in [2.75, 3.05) is 51.8 Å². The number of ether oxygens (including phenoxy) is 1. The predicted molar refractivity (Wildman–Crippen MR) is 98.6 cm³/mol. The third-order valence-corrected chi connectivity index (χ3v) is 5.06. The van der Waals surface area contributed by atoms with E-state index in [1.54, 1.807) is 7.11 Å². The maximum absolute atomic E-state index is 5.18. The molecular formula is C19H28N4O. The number of hydrogen-bond acceptors (Lipinski definition) is 5. The molecule has 0 unspecified atom stereocenters. The van der Waals surface area contributed by atoms with E-state index in [9.17, 15) is 0 Å². The molecule has 0 radical (unpaired) electrons. The first-order chi connectivity index (χ1) is 11.7. The molecule has 0 aliphatic carbocycles. The van der Waals surface area contributed by atoms with Gasteiger partial charge in [-0.15, -0.1) is 5.10 Å². The lowest BCUT2D eigenvalue weighted by molar-refractivity contribution is 0.121. The molecule has 0 N–H and O–H groups in total. The van der Waals surface area contributed by atoms with Gasteiger partial charge in [-0.1, -0.05) is 24.3 Å². The second-order valence-electron chi connectivity index (χ2n) is 6.81. The number of aromatic nitrogens is 2. The van der Waals surface area contributed by atoms with E-state index in [-0.39, 0.29) is 0 Å². The number of fused-ring (bicyclic) bond motifs is 1. The highest BCUT2D eigenvalue weighted by Crippen LogP contribution is 2.26. The molecule has 3 rings (SSSR count). The third kappa shape index (κ3) is 3.84. The first-order valence-electron chi connectivity index (χ1n) is 8.83. The van der Waals surface area contributed by atoms with Crippen LogP contribution in [0, 0.1) is 12.8 Å². The van der Waals surface area contributed by atoms with E-state index in [0.717, 1.165) is 37.1 Å². The molecule has 2 heterocycles. The van der Waals surface area contributed by atoms with E-state index >= 15 is 0 Å². The van der Waals surface area contributed by atoms with Crippen molar-refractivity contribution in [2.24, 2.45) is 5.92 Å². The minimum absolute atomic E-state index is 0.718. The highest BCUT2D eigenvalue weighted by molar-refractivity contribution is 5.93. The molecule has 24 heavy (non-hydrogen) atoms. The van der Waals surface area contributed by atoms with Crippen LogP contribution in [0.1, 0.15) is 18.5 Å². The van der Waals surface area contributed by atoms with Crippen LogP contribution in [0.3, 0.4) is 0 Å². The zero-order valence-electron chi connectivity index (χ0n) is 15.0. The highest BCUT2D eigenvalue weighted by atomic mass is 16.5. The van der Waals surface area contributed by atoms with E-state index in [2.05, 4.69) is 51.3 Å². The summed E-state index contributed by atoms with van der Waals surface area (Å²) in [5, 5.41) is 11.2. The molecule has 5 heteroatoms. The molecule has 1 fully saturated rings. The van der Waals surface area contributed by atoms with Crippen molar-refractivity contribution in [2.45, 2.75) is 19.8 Å². The molecule has 130 valence electrons. The minimum atomic E-state index is 0.718. The summed E-state index contributed by atoms with van der Waals surface area (Å²) in [6.45, 7) is 7.28. The number of aryl methyl sites for hydroxylation is 1. The fraction of sp³-hybridized carbons (Fsp3) is 0.579. The Balaban J connectivity index is 1.64. The fourth-order valence-corrected chi connectivity index (χ4v) is 3.59. The van der Waals surface area contributed by atoms with Crippen LogP contribution < -0.4 is 4.90 Å². The Labute approximate surface area is 144 Å². The number of piperidine rings is 1. The summed E-state index contributed by atoms with van der Waals surface area (Å²) in [5.74, 6) is 1.72. The molecule has 0 bridgehead atoms. The monoisotopic (exact) mass is 328 g/mol. The average Bonchev–Trinajstić information content (AvgIpc) is 2.61. The van der Waals surface area contributed by atoms with Gasteiger partial charge in [0.1, 0.15) is 0 Å². The molecule has 0 amide bonds. The van der Waals surface area contributed by atoms with E-state index < -0.39 is 0 Å². The van der Waals surface area contributed by atoms with E-state index in [1.165, 1.54) is 36.7 Å². The van der Waals surface area contributed by atoms with E-state index in [0.29, 0.717) is 0 Å². The fourth-order valence-electron chi connectivity index (χ4n) is 3.59. The van der Waals surface area contributed by atoms with Gasteiger partial charge in [0.25, 0.3) is 0 Å². The maximum Gasteiger partial charge on any atom is 0.158 e. The standard InChI is InChI=1S/C19H28N4O/c1-15-17-6-4-5-7-18(17)19(21-20-15)22(2)14-16-8-10-23(11-9-16)12-13-24-3/h4-7,16H,8-14H2,1-3H3. The Bertz CT molecular complexity index is 667. The number of hydrogen-bond donors (Lipinski definition) is 0. The number of nitrogens with zero attached hydrogens (tertiary/aromatic N) is 4. The van der Waals surface area contributed by atoms with Crippen LogP contribution >= 0.6 is 0 Å². The third-order valence-electron chi connectivity index (χ3n) is 5.06. The maximum atomic E-state index is 5.18. The second-order valence-corrected chi connectivity index (χ2v) is 6.81. The molecule has 1 aliphatic rings. The molecule has 1 aliphatic heterocycles. The zero-order chi connectivity index (χ0) is 16.9. The lowest BCUT2D eigenvalue weighted by Crippen LogP contribution is -2.39. The van der Waals surface area contributed by atoms with Gasteiger partial charge in [0.2, 0.25) is 0 Å². The molecule has 1 aromatic heterocycles. The van der Waals surface area contributed by atoms with Gasteiger partial charge in [-0.3, -0.25) is 0 Å². The summed E-state index contributed by atoms with van der Waals surface area (Å²) in [6.07, 6.45) is 2.48. The Morgan fingerprint density at radius 2 is 1.88 bits per heavy atom. The number of likely N-dealkylation sites (tertiary alicyclic amines) is 1. The Morgan fingerprint density at radius 3 is 2.58 bits per heavy atom.